The van der Waals surface area contributed by atoms with Crippen LogP contribution in [0.4, 0.5) is 0 Å². The summed E-state index contributed by atoms with van der Waals surface area (Å²) in [5.74, 6) is 0. The van der Waals surface area contributed by atoms with Gasteiger partial charge in [0.2, 0.25) is 0 Å². The van der Waals surface area contributed by atoms with Gasteiger partial charge in [0.1, 0.15) is 0 Å². The van der Waals surface area contributed by atoms with Crippen LogP contribution in [0.25, 0.3) is 0 Å². The summed E-state index contributed by atoms with van der Waals surface area (Å²) in [7, 11) is 6.03. The fourth-order valence-electron chi connectivity index (χ4n) is 2.03. The van der Waals surface area contributed by atoms with Gasteiger partial charge in [-0.15, -0.1) is 0 Å². The molecule has 0 aromatic heterocycles. The lowest BCUT2D eigenvalue weighted by Crippen LogP contribution is -2.19. The number of hydrogen-bond donors (Lipinski definition) is 0. The summed E-state index contributed by atoms with van der Waals surface area (Å²) in [5.41, 5.74) is 0.804. The molecule has 0 nitrogen and oxygen atoms in total. The maximum atomic E-state index is 6.03. The first kappa shape index (κ1) is 6.76. The average Bonchev–Trinajstić information content (AvgIpc) is 2.60. The van der Waals surface area contributed by atoms with Gasteiger partial charge in [0.15, 0.2) is 0 Å². The van der Waals surface area contributed by atoms with Crippen molar-refractivity contribution in [2.45, 2.75) is 50.8 Å². The molecule has 1 spiro atoms. The lowest BCUT2D eigenvalue weighted by molar-refractivity contribution is 0.284. The Hall–Kier alpha value is 0.0649. The van der Waals surface area contributed by atoms with Crippen LogP contribution in [-0.2, 0) is 0 Å². The first-order valence-electron chi connectivity index (χ1n) is 4.41. The molecule has 2 rings (SSSR count). The molecule has 0 aromatic rings. The molecule has 0 aliphatic heterocycles. The van der Waals surface area contributed by atoms with E-state index in [0.717, 1.165) is 5.41 Å². The van der Waals surface area contributed by atoms with E-state index in [2.05, 4.69) is 6.92 Å². The van der Waals surface area contributed by atoms with Gasteiger partial charge in [-0.2, -0.15) is 0 Å². The Morgan fingerprint density at radius 3 is 1.70 bits per heavy atom. The molecule has 10 heavy (non-hydrogen) atoms. The molecule has 2 fully saturated rings. The first-order chi connectivity index (χ1) is 4.62. The van der Waals surface area contributed by atoms with E-state index in [9.17, 15) is 0 Å². The van der Waals surface area contributed by atoms with Crippen molar-refractivity contribution in [3.63, 3.8) is 0 Å². The van der Waals surface area contributed by atoms with Crippen LogP contribution in [0, 0.1) is 5.41 Å². The van der Waals surface area contributed by atoms with Crippen LogP contribution >= 0.6 is 0 Å². The maximum Gasteiger partial charge on any atom is 0.0742 e. The molecule has 0 amide bonds. The summed E-state index contributed by atoms with van der Waals surface area (Å²) in [6.07, 6.45) is 8.30. The molecule has 0 unspecified atom stereocenters. The Morgan fingerprint density at radius 1 is 0.900 bits per heavy atom. The van der Waals surface area contributed by atoms with Crippen molar-refractivity contribution in [3.05, 3.63) is 0 Å². The monoisotopic (exact) mass is 134 g/mol. The Labute approximate surface area is 64.8 Å². The maximum absolute atomic E-state index is 6.03. The van der Waals surface area contributed by atoms with Gasteiger partial charge in [-0.1, -0.05) is 25.1 Å². The van der Waals surface area contributed by atoms with Crippen LogP contribution < -0.4 is 0 Å². The Balaban J connectivity index is 1.95. The van der Waals surface area contributed by atoms with Gasteiger partial charge < -0.3 is 0 Å². The summed E-state index contributed by atoms with van der Waals surface area (Å²) in [6, 6.07) is 0. The van der Waals surface area contributed by atoms with E-state index in [1.165, 1.54) is 38.5 Å². The minimum absolute atomic E-state index is 0.174. The predicted molar refractivity (Wildman–Crippen MR) is 44.3 cm³/mol. The highest BCUT2D eigenvalue weighted by atomic mass is 14.5. The lowest BCUT2D eigenvalue weighted by atomic mass is 9.59. The molecule has 2 radical (unpaired) electrons. The fraction of sp³-hybridized carbons (Fsp3) is 1.00. The van der Waals surface area contributed by atoms with Gasteiger partial charge in [0.25, 0.3) is 0 Å². The zero-order valence-corrected chi connectivity index (χ0v) is 6.82. The second-order valence-corrected chi connectivity index (χ2v) is 4.65. The quantitative estimate of drug-likeness (QED) is 0.447. The lowest BCUT2D eigenvalue weighted by Gasteiger charge is -2.34. The van der Waals surface area contributed by atoms with Gasteiger partial charge in [0.05, 0.1) is 7.85 Å². The molecule has 2 aliphatic carbocycles. The van der Waals surface area contributed by atoms with Crippen LogP contribution in [0.2, 0.25) is 5.31 Å². The molecule has 0 N–H and O–H groups in total. The second kappa shape index (κ2) is 1.81. The highest BCUT2D eigenvalue weighted by molar-refractivity contribution is 6.14. The number of rotatable bonds is 0. The molecule has 2 aliphatic rings. The summed E-state index contributed by atoms with van der Waals surface area (Å²) in [5, 5.41) is 0.174. The molecule has 1 heteroatoms. The standard InChI is InChI=1S/C9H15B/c1-8(10)2-4-9(5-3-8)6-7-9/h2-7H2,1H3. The second-order valence-electron chi connectivity index (χ2n) is 4.65. The van der Waals surface area contributed by atoms with Crippen molar-refractivity contribution in [1.29, 1.82) is 0 Å². The van der Waals surface area contributed by atoms with E-state index >= 15 is 0 Å². The van der Waals surface area contributed by atoms with Crippen LogP contribution in [-0.4, -0.2) is 7.85 Å². The van der Waals surface area contributed by atoms with E-state index in [1.807, 2.05) is 0 Å². The third kappa shape index (κ3) is 1.11. The number of hydrogen-bond acceptors (Lipinski definition) is 0. The van der Waals surface area contributed by atoms with Crippen molar-refractivity contribution in [3.8, 4) is 0 Å². The minimum atomic E-state index is 0.174. The smallest absolute Gasteiger partial charge is 0.0688 e. The van der Waals surface area contributed by atoms with Crippen molar-refractivity contribution in [2.24, 2.45) is 5.41 Å². The third-order valence-corrected chi connectivity index (χ3v) is 3.41. The Bertz CT molecular complexity index is 127. The highest BCUT2D eigenvalue weighted by Crippen LogP contribution is 2.60. The van der Waals surface area contributed by atoms with Crippen molar-refractivity contribution >= 4 is 7.85 Å². The topological polar surface area (TPSA) is 0 Å². The van der Waals surface area contributed by atoms with Gasteiger partial charge in [-0.3, -0.25) is 0 Å². The summed E-state index contributed by atoms with van der Waals surface area (Å²) < 4.78 is 0. The van der Waals surface area contributed by atoms with Gasteiger partial charge >= 0.3 is 0 Å². The van der Waals surface area contributed by atoms with Crippen molar-refractivity contribution in [2.75, 3.05) is 0 Å². The predicted octanol–water partition coefficient (Wildman–Crippen LogP) is 2.69. The third-order valence-electron chi connectivity index (χ3n) is 3.41. The normalized spacial score (nSPS) is 34.1. The van der Waals surface area contributed by atoms with Crippen molar-refractivity contribution < 1.29 is 0 Å². The first-order valence-corrected chi connectivity index (χ1v) is 4.41. The molecule has 2 saturated carbocycles. The molecule has 0 heterocycles. The van der Waals surface area contributed by atoms with Crippen LogP contribution in [0.15, 0.2) is 0 Å². The van der Waals surface area contributed by atoms with Crippen LogP contribution in [0.1, 0.15) is 45.4 Å². The van der Waals surface area contributed by atoms with E-state index in [-0.39, 0.29) is 5.31 Å². The Morgan fingerprint density at radius 2 is 1.30 bits per heavy atom. The summed E-state index contributed by atoms with van der Waals surface area (Å²) in [4.78, 5) is 0. The molecular weight excluding hydrogens is 119 g/mol. The van der Waals surface area contributed by atoms with E-state index in [4.69, 9.17) is 7.85 Å². The van der Waals surface area contributed by atoms with Crippen molar-refractivity contribution in [1.82, 2.24) is 0 Å². The van der Waals surface area contributed by atoms with Gasteiger partial charge in [0, 0.05) is 0 Å². The van der Waals surface area contributed by atoms with E-state index in [0.29, 0.717) is 0 Å². The highest BCUT2D eigenvalue weighted by Gasteiger charge is 2.46. The van der Waals surface area contributed by atoms with Gasteiger partial charge in [-0.05, 0) is 31.1 Å². The van der Waals surface area contributed by atoms with E-state index in [1.54, 1.807) is 0 Å². The zero-order chi connectivity index (χ0) is 7.24. The fourth-order valence-corrected chi connectivity index (χ4v) is 2.03. The van der Waals surface area contributed by atoms with E-state index < -0.39 is 0 Å². The van der Waals surface area contributed by atoms with Crippen LogP contribution in [0.5, 0.6) is 0 Å². The van der Waals surface area contributed by atoms with Gasteiger partial charge in [-0.25, -0.2) is 0 Å². The molecular formula is C9H15B. The molecule has 0 saturated heterocycles. The Kier molecular flexibility index (Phi) is 1.22. The summed E-state index contributed by atoms with van der Waals surface area (Å²) in [6.45, 7) is 2.20. The largest absolute Gasteiger partial charge is 0.0742 e. The summed E-state index contributed by atoms with van der Waals surface area (Å²) >= 11 is 0. The van der Waals surface area contributed by atoms with Crippen LogP contribution in [0.3, 0.4) is 0 Å². The molecule has 0 aromatic carbocycles. The molecule has 0 bridgehead atoms. The molecule has 54 valence electrons. The molecule has 0 atom stereocenters. The minimum Gasteiger partial charge on any atom is -0.0688 e. The SMILES string of the molecule is [B]C1(C)CCC2(CC1)CC2. The zero-order valence-electron chi connectivity index (χ0n) is 6.82. The average molecular weight is 134 g/mol.